The van der Waals surface area contributed by atoms with Crippen LogP contribution in [0.1, 0.15) is 57.2 Å². The molecule has 0 saturated carbocycles. The van der Waals surface area contributed by atoms with Crippen molar-refractivity contribution < 1.29 is 9.53 Å². The van der Waals surface area contributed by atoms with Crippen molar-refractivity contribution >= 4 is 16.8 Å². The summed E-state index contributed by atoms with van der Waals surface area (Å²) in [5.74, 6) is 1.48. The average Bonchev–Trinajstić information content (AvgIpc) is 3.16. The predicted molar refractivity (Wildman–Crippen MR) is 162 cm³/mol. The number of nitrogens with two attached hydrogens (primary N) is 1. The molecule has 1 fully saturated rings. The molecule has 0 radical (unpaired) electrons. The van der Waals surface area contributed by atoms with Crippen LogP contribution in [-0.2, 0) is 4.79 Å². The molecule has 0 aliphatic carbocycles. The molecule has 5 rings (SSSR count). The van der Waals surface area contributed by atoms with Crippen LogP contribution in [0, 0.1) is 17.2 Å². The van der Waals surface area contributed by atoms with E-state index in [9.17, 15) is 4.79 Å². The van der Waals surface area contributed by atoms with Crippen molar-refractivity contribution in [1.82, 2.24) is 14.9 Å². The highest BCUT2D eigenvalue weighted by Gasteiger charge is 2.33. The molecule has 1 saturated heterocycles. The topological polar surface area (TPSA) is 105 Å². The molecule has 0 spiro atoms. The number of hydrogen-bond donors (Lipinski definition) is 1. The van der Waals surface area contributed by atoms with E-state index in [0.717, 1.165) is 63.9 Å². The van der Waals surface area contributed by atoms with Gasteiger partial charge in [0.2, 0.25) is 5.91 Å². The monoisotopic (exact) mass is 547 g/mol. The van der Waals surface area contributed by atoms with Crippen molar-refractivity contribution in [3.05, 3.63) is 78.2 Å². The highest BCUT2D eigenvalue weighted by atomic mass is 16.5. The molecule has 4 unspecified atom stereocenters. The number of amides is 1. The molecular formula is C34H37N5O2. The van der Waals surface area contributed by atoms with Crippen molar-refractivity contribution in [1.29, 1.82) is 5.26 Å². The Balaban J connectivity index is 1.42. The summed E-state index contributed by atoms with van der Waals surface area (Å²) in [5, 5.41) is 10.1. The van der Waals surface area contributed by atoms with Gasteiger partial charge >= 0.3 is 0 Å². The van der Waals surface area contributed by atoms with Gasteiger partial charge in [-0.05, 0) is 68.9 Å². The zero-order valence-electron chi connectivity index (χ0n) is 24.2. The van der Waals surface area contributed by atoms with Gasteiger partial charge in [0.05, 0.1) is 30.8 Å². The van der Waals surface area contributed by atoms with Gasteiger partial charge in [0.25, 0.3) is 0 Å². The first-order valence-electron chi connectivity index (χ1n) is 14.3. The third-order valence-electron chi connectivity index (χ3n) is 8.66. The predicted octanol–water partition coefficient (Wildman–Crippen LogP) is 6.31. The minimum absolute atomic E-state index is 0.0303. The van der Waals surface area contributed by atoms with Crippen LogP contribution in [0.5, 0.6) is 5.75 Å². The number of pyridine rings is 2. The second-order valence-corrected chi connectivity index (χ2v) is 11.1. The van der Waals surface area contributed by atoms with Gasteiger partial charge in [-0.3, -0.25) is 14.8 Å². The second kappa shape index (κ2) is 12.1. The molecule has 2 N–H and O–H groups in total. The summed E-state index contributed by atoms with van der Waals surface area (Å²) >= 11 is 0. The minimum atomic E-state index is 0.0303. The number of para-hydroxylation sites is 1. The van der Waals surface area contributed by atoms with E-state index in [2.05, 4.69) is 39.0 Å². The smallest absolute Gasteiger partial charge is 0.236 e. The number of nitrogens with zero attached hydrogens (tertiary/aromatic N) is 4. The molecule has 4 aromatic rings. The lowest BCUT2D eigenvalue weighted by atomic mass is 9.83. The Morgan fingerprint density at radius 2 is 1.78 bits per heavy atom. The van der Waals surface area contributed by atoms with Crippen LogP contribution in [0.2, 0.25) is 0 Å². The van der Waals surface area contributed by atoms with Crippen LogP contribution in [0.3, 0.4) is 0 Å². The zero-order chi connectivity index (χ0) is 29.1. The molecule has 210 valence electrons. The lowest BCUT2D eigenvalue weighted by Crippen LogP contribution is -2.46. The Morgan fingerprint density at radius 3 is 2.44 bits per heavy atom. The summed E-state index contributed by atoms with van der Waals surface area (Å²) < 4.78 is 5.94. The van der Waals surface area contributed by atoms with E-state index in [0.29, 0.717) is 11.5 Å². The third-order valence-corrected chi connectivity index (χ3v) is 8.66. The molecule has 41 heavy (non-hydrogen) atoms. The highest BCUT2D eigenvalue weighted by Crippen LogP contribution is 2.40. The Labute approximate surface area is 242 Å². The standard InChI is InChI=1S/C34H37N5O2/c1-21-8-11-26(16-22(2)39(21)32(40)18-36)23(3)31-15-14-27(19-37-31)30-20-38-33-28(6-5-7-29(33)34(30)41-4)25-12-9-24(17-35)10-13-25/h5-7,9-10,12-15,19-23,26H,8,11,16,18,36H2,1-4H3. The number of ether oxygens (including phenoxy) is 1. The summed E-state index contributed by atoms with van der Waals surface area (Å²) in [7, 11) is 1.68. The molecular weight excluding hydrogens is 510 g/mol. The van der Waals surface area contributed by atoms with Crippen molar-refractivity contribution in [3.63, 3.8) is 0 Å². The fraction of sp³-hybridized carbons (Fsp3) is 0.353. The van der Waals surface area contributed by atoms with E-state index in [4.69, 9.17) is 25.7 Å². The molecule has 7 nitrogen and oxygen atoms in total. The Morgan fingerprint density at radius 1 is 1.02 bits per heavy atom. The summed E-state index contributed by atoms with van der Waals surface area (Å²) in [6, 6.07) is 20.3. The molecule has 0 bridgehead atoms. The third kappa shape index (κ3) is 5.53. The number of benzene rings is 2. The maximum atomic E-state index is 12.5. The minimum Gasteiger partial charge on any atom is -0.495 e. The fourth-order valence-corrected chi connectivity index (χ4v) is 6.41. The van der Waals surface area contributed by atoms with Crippen molar-refractivity contribution in [3.8, 4) is 34.1 Å². The molecule has 2 aromatic heterocycles. The zero-order valence-corrected chi connectivity index (χ0v) is 24.2. The Kier molecular flexibility index (Phi) is 8.32. The van der Waals surface area contributed by atoms with E-state index >= 15 is 0 Å². The number of hydrogen-bond acceptors (Lipinski definition) is 6. The molecule has 7 heteroatoms. The number of methoxy groups -OCH3 is 1. The van der Waals surface area contributed by atoms with Gasteiger partial charge < -0.3 is 15.4 Å². The normalized spacial score (nSPS) is 19.8. The van der Waals surface area contributed by atoms with Gasteiger partial charge in [-0.25, -0.2) is 0 Å². The first-order valence-corrected chi connectivity index (χ1v) is 14.3. The van der Waals surface area contributed by atoms with Gasteiger partial charge in [0.15, 0.2) is 0 Å². The maximum Gasteiger partial charge on any atom is 0.236 e. The lowest BCUT2D eigenvalue weighted by molar-refractivity contribution is -0.133. The SMILES string of the molecule is COc1c(-c2ccc(C(C)C3CCC(C)N(C(=O)CN)C(C)C3)nc2)cnc2c(-c3ccc(C#N)cc3)cccc12. The fourth-order valence-electron chi connectivity index (χ4n) is 6.41. The van der Waals surface area contributed by atoms with Gasteiger partial charge in [0.1, 0.15) is 5.75 Å². The number of aromatic nitrogens is 2. The number of fused-ring (bicyclic) bond motifs is 1. The van der Waals surface area contributed by atoms with Gasteiger partial charge in [-0.2, -0.15) is 5.26 Å². The summed E-state index contributed by atoms with van der Waals surface area (Å²) in [5.41, 5.74) is 12.0. The molecule has 1 aliphatic heterocycles. The number of nitriles is 1. The number of rotatable bonds is 6. The lowest BCUT2D eigenvalue weighted by Gasteiger charge is -2.33. The first kappa shape index (κ1) is 28.3. The summed E-state index contributed by atoms with van der Waals surface area (Å²) in [6.07, 6.45) is 6.72. The van der Waals surface area contributed by atoms with E-state index in [1.165, 1.54) is 0 Å². The number of carbonyl (C=O) groups excluding carboxylic acids is 1. The van der Waals surface area contributed by atoms with E-state index in [1.807, 2.05) is 59.8 Å². The van der Waals surface area contributed by atoms with Crippen LogP contribution >= 0.6 is 0 Å². The Hall–Kier alpha value is -4.28. The van der Waals surface area contributed by atoms with E-state index < -0.39 is 0 Å². The van der Waals surface area contributed by atoms with Crippen LogP contribution in [0.4, 0.5) is 0 Å². The van der Waals surface area contributed by atoms with Crippen LogP contribution < -0.4 is 10.5 Å². The molecule has 4 atom stereocenters. The average molecular weight is 548 g/mol. The molecule has 1 amide bonds. The highest BCUT2D eigenvalue weighted by molar-refractivity contribution is 6.00. The molecule has 2 aromatic carbocycles. The van der Waals surface area contributed by atoms with Crippen molar-refractivity contribution in [2.24, 2.45) is 11.7 Å². The van der Waals surface area contributed by atoms with Crippen molar-refractivity contribution in [2.75, 3.05) is 13.7 Å². The van der Waals surface area contributed by atoms with Gasteiger partial charge in [0, 0.05) is 58.2 Å². The summed E-state index contributed by atoms with van der Waals surface area (Å²) in [4.78, 5) is 24.2. The second-order valence-electron chi connectivity index (χ2n) is 11.1. The quantitative estimate of drug-likeness (QED) is 0.303. The van der Waals surface area contributed by atoms with Crippen LogP contribution in [-0.4, -0.2) is 46.5 Å². The van der Waals surface area contributed by atoms with E-state index in [1.54, 1.807) is 7.11 Å². The van der Waals surface area contributed by atoms with Gasteiger partial charge in [-0.15, -0.1) is 0 Å². The largest absolute Gasteiger partial charge is 0.495 e. The van der Waals surface area contributed by atoms with Crippen molar-refractivity contribution in [2.45, 2.75) is 58.0 Å². The van der Waals surface area contributed by atoms with Crippen LogP contribution in [0.15, 0.2) is 67.0 Å². The summed E-state index contributed by atoms with van der Waals surface area (Å²) in [6.45, 7) is 6.56. The van der Waals surface area contributed by atoms with Crippen LogP contribution in [0.25, 0.3) is 33.2 Å². The maximum absolute atomic E-state index is 12.5. The Bertz CT molecular complexity index is 1580. The molecule has 3 heterocycles. The first-order chi connectivity index (χ1) is 19.9. The number of likely N-dealkylation sites (tertiary alicyclic amines) is 1. The number of carbonyl (C=O) groups is 1. The molecule has 1 aliphatic rings. The van der Waals surface area contributed by atoms with E-state index in [-0.39, 0.29) is 30.5 Å². The van der Waals surface area contributed by atoms with Gasteiger partial charge in [-0.1, -0.05) is 37.3 Å².